The number of H-pyrrole nitrogens is 1. The summed E-state index contributed by atoms with van der Waals surface area (Å²) in [5.41, 5.74) is 7.93. The fourth-order valence-electron chi connectivity index (χ4n) is 1.44. The molecule has 0 unspecified atom stereocenters. The van der Waals surface area contributed by atoms with Gasteiger partial charge in [0.05, 0.1) is 11.3 Å². The molecule has 1 aromatic carbocycles. The second-order valence-electron chi connectivity index (χ2n) is 3.48. The Morgan fingerprint density at radius 2 is 2.00 bits per heavy atom. The molecule has 4 heteroatoms. The fourth-order valence-corrected chi connectivity index (χ4v) is 1.44. The van der Waals surface area contributed by atoms with Gasteiger partial charge in [-0.3, -0.25) is 9.89 Å². The van der Waals surface area contributed by atoms with Gasteiger partial charge in [0.25, 0.3) is 5.56 Å². The lowest BCUT2D eigenvalue weighted by Crippen LogP contribution is -2.18. The molecule has 2 aromatic rings. The first kappa shape index (κ1) is 9.73. The SMILES string of the molecule is Cc1ccc(-n2[nH]cc(CN)c2=O)cc1. The Morgan fingerprint density at radius 3 is 2.53 bits per heavy atom. The van der Waals surface area contributed by atoms with Crippen LogP contribution in [0.2, 0.25) is 0 Å². The van der Waals surface area contributed by atoms with E-state index in [1.54, 1.807) is 6.20 Å². The molecule has 0 amide bonds. The van der Waals surface area contributed by atoms with Crippen molar-refractivity contribution in [3.8, 4) is 5.69 Å². The van der Waals surface area contributed by atoms with Crippen molar-refractivity contribution in [1.82, 2.24) is 9.78 Å². The van der Waals surface area contributed by atoms with Crippen LogP contribution >= 0.6 is 0 Å². The number of aromatic nitrogens is 2. The Hall–Kier alpha value is -1.81. The Morgan fingerprint density at radius 1 is 1.33 bits per heavy atom. The van der Waals surface area contributed by atoms with Crippen LogP contribution in [-0.4, -0.2) is 9.78 Å². The average Bonchev–Trinajstić information content (AvgIpc) is 2.61. The third kappa shape index (κ3) is 1.71. The number of nitrogens with two attached hydrogens (primary N) is 1. The van der Waals surface area contributed by atoms with Gasteiger partial charge in [-0.25, -0.2) is 4.68 Å². The van der Waals surface area contributed by atoms with E-state index in [4.69, 9.17) is 5.73 Å². The molecule has 0 atom stereocenters. The van der Waals surface area contributed by atoms with Crippen molar-refractivity contribution < 1.29 is 0 Å². The quantitative estimate of drug-likeness (QED) is 0.762. The first-order chi connectivity index (χ1) is 7.22. The number of nitrogens with one attached hydrogen (secondary N) is 1. The zero-order valence-electron chi connectivity index (χ0n) is 8.53. The third-order valence-electron chi connectivity index (χ3n) is 2.36. The highest BCUT2D eigenvalue weighted by atomic mass is 16.1. The zero-order valence-corrected chi connectivity index (χ0v) is 8.53. The predicted octanol–water partition coefficient (Wildman–Crippen LogP) is 0.933. The van der Waals surface area contributed by atoms with E-state index in [0.717, 1.165) is 11.3 Å². The molecule has 0 bridgehead atoms. The number of hydrogen-bond acceptors (Lipinski definition) is 2. The molecule has 3 N–H and O–H groups in total. The lowest BCUT2D eigenvalue weighted by atomic mass is 10.2. The second kappa shape index (κ2) is 3.74. The molecule has 78 valence electrons. The van der Waals surface area contributed by atoms with E-state index in [-0.39, 0.29) is 12.1 Å². The summed E-state index contributed by atoms with van der Waals surface area (Å²) in [6, 6.07) is 7.72. The van der Waals surface area contributed by atoms with Crippen LogP contribution in [0.15, 0.2) is 35.3 Å². The molecule has 0 radical (unpaired) electrons. The minimum absolute atomic E-state index is 0.0821. The first-order valence-electron chi connectivity index (χ1n) is 4.79. The Bertz CT molecular complexity index is 507. The van der Waals surface area contributed by atoms with Crippen LogP contribution in [0.5, 0.6) is 0 Å². The van der Waals surface area contributed by atoms with Gasteiger partial charge in [-0.15, -0.1) is 0 Å². The summed E-state index contributed by atoms with van der Waals surface area (Å²) in [6.45, 7) is 2.26. The van der Waals surface area contributed by atoms with E-state index >= 15 is 0 Å². The molecule has 0 aliphatic heterocycles. The summed E-state index contributed by atoms with van der Waals surface area (Å²) in [5, 5.41) is 2.88. The van der Waals surface area contributed by atoms with Crippen molar-refractivity contribution in [3.05, 3.63) is 51.9 Å². The fraction of sp³-hybridized carbons (Fsp3) is 0.182. The maximum atomic E-state index is 11.7. The summed E-state index contributed by atoms with van der Waals surface area (Å²) in [7, 11) is 0. The molecule has 4 nitrogen and oxygen atoms in total. The smallest absolute Gasteiger partial charge is 0.275 e. The van der Waals surface area contributed by atoms with Crippen LogP contribution in [0.3, 0.4) is 0 Å². The van der Waals surface area contributed by atoms with Crippen molar-refractivity contribution in [2.45, 2.75) is 13.5 Å². The van der Waals surface area contributed by atoms with Crippen molar-refractivity contribution in [2.24, 2.45) is 5.73 Å². The summed E-state index contributed by atoms with van der Waals surface area (Å²) in [5.74, 6) is 0. The highest BCUT2D eigenvalue weighted by Gasteiger charge is 2.05. The number of hydrogen-bond donors (Lipinski definition) is 2. The predicted molar refractivity (Wildman–Crippen MR) is 59.0 cm³/mol. The summed E-state index contributed by atoms with van der Waals surface area (Å²) in [4.78, 5) is 11.7. The van der Waals surface area contributed by atoms with Crippen molar-refractivity contribution in [3.63, 3.8) is 0 Å². The molecule has 0 saturated carbocycles. The number of nitrogens with zero attached hydrogens (tertiary/aromatic N) is 1. The van der Waals surface area contributed by atoms with E-state index in [2.05, 4.69) is 5.10 Å². The van der Waals surface area contributed by atoms with Crippen LogP contribution < -0.4 is 11.3 Å². The van der Waals surface area contributed by atoms with Crippen molar-refractivity contribution in [1.29, 1.82) is 0 Å². The van der Waals surface area contributed by atoms with Gasteiger partial charge in [-0.1, -0.05) is 17.7 Å². The van der Waals surface area contributed by atoms with E-state index in [9.17, 15) is 4.79 Å². The molecular weight excluding hydrogens is 190 g/mol. The average molecular weight is 203 g/mol. The monoisotopic (exact) mass is 203 g/mol. The van der Waals surface area contributed by atoms with Gasteiger partial charge in [0.2, 0.25) is 0 Å². The minimum atomic E-state index is -0.0821. The van der Waals surface area contributed by atoms with E-state index < -0.39 is 0 Å². The Balaban J connectivity index is 2.50. The van der Waals surface area contributed by atoms with Crippen LogP contribution in [0.4, 0.5) is 0 Å². The van der Waals surface area contributed by atoms with Gasteiger partial charge in [0, 0.05) is 12.7 Å². The van der Waals surface area contributed by atoms with Crippen molar-refractivity contribution in [2.75, 3.05) is 0 Å². The van der Waals surface area contributed by atoms with Crippen LogP contribution in [0.1, 0.15) is 11.1 Å². The van der Waals surface area contributed by atoms with Gasteiger partial charge in [0.15, 0.2) is 0 Å². The van der Waals surface area contributed by atoms with E-state index in [1.807, 2.05) is 31.2 Å². The normalized spacial score (nSPS) is 10.5. The summed E-state index contributed by atoms with van der Waals surface area (Å²) >= 11 is 0. The van der Waals surface area contributed by atoms with Gasteiger partial charge >= 0.3 is 0 Å². The first-order valence-corrected chi connectivity index (χ1v) is 4.79. The molecular formula is C11H13N3O. The second-order valence-corrected chi connectivity index (χ2v) is 3.48. The Kier molecular flexibility index (Phi) is 2.43. The molecule has 0 aliphatic carbocycles. The number of rotatable bonds is 2. The molecule has 1 heterocycles. The van der Waals surface area contributed by atoms with E-state index in [0.29, 0.717) is 5.56 Å². The molecule has 0 saturated heterocycles. The molecule has 0 aliphatic rings. The lowest BCUT2D eigenvalue weighted by Gasteiger charge is -2.01. The van der Waals surface area contributed by atoms with Crippen LogP contribution in [-0.2, 0) is 6.54 Å². The maximum absolute atomic E-state index is 11.7. The lowest BCUT2D eigenvalue weighted by molar-refractivity contribution is 0.845. The van der Waals surface area contributed by atoms with Gasteiger partial charge in [-0.05, 0) is 19.1 Å². The highest BCUT2D eigenvalue weighted by molar-refractivity contribution is 5.33. The van der Waals surface area contributed by atoms with Crippen molar-refractivity contribution >= 4 is 0 Å². The molecule has 2 rings (SSSR count). The van der Waals surface area contributed by atoms with Gasteiger partial charge in [-0.2, -0.15) is 0 Å². The summed E-state index contributed by atoms with van der Waals surface area (Å²) < 4.78 is 1.49. The molecule has 1 aromatic heterocycles. The van der Waals surface area contributed by atoms with Crippen LogP contribution in [0.25, 0.3) is 5.69 Å². The van der Waals surface area contributed by atoms with Crippen LogP contribution in [0, 0.1) is 6.92 Å². The number of aromatic amines is 1. The standard InChI is InChI=1S/C11H13N3O/c1-8-2-4-10(5-3-8)14-11(15)9(6-12)7-13-14/h2-5,7,13H,6,12H2,1H3. The summed E-state index contributed by atoms with van der Waals surface area (Å²) in [6.07, 6.45) is 1.64. The highest BCUT2D eigenvalue weighted by Crippen LogP contribution is 2.06. The minimum Gasteiger partial charge on any atom is -0.326 e. The zero-order chi connectivity index (χ0) is 10.8. The molecule has 0 fully saturated rings. The number of aryl methyl sites for hydroxylation is 1. The third-order valence-corrected chi connectivity index (χ3v) is 2.36. The largest absolute Gasteiger partial charge is 0.326 e. The maximum Gasteiger partial charge on any atom is 0.275 e. The topological polar surface area (TPSA) is 63.8 Å². The Labute approximate surface area is 87.3 Å². The molecule has 15 heavy (non-hydrogen) atoms. The van der Waals surface area contributed by atoms with Gasteiger partial charge < -0.3 is 5.73 Å². The van der Waals surface area contributed by atoms with E-state index in [1.165, 1.54) is 4.68 Å². The van der Waals surface area contributed by atoms with Gasteiger partial charge in [0.1, 0.15) is 0 Å². The molecule has 0 spiro atoms. The number of benzene rings is 1.